The Labute approximate surface area is 179 Å². The smallest absolute Gasteiger partial charge is 0.255 e. The molecule has 0 saturated carbocycles. The van der Waals surface area contributed by atoms with E-state index < -0.39 is 0 Å². The molecule has 1 amide bonds. The average Bonchev–Trinajstić information content (AvgIpc) is 2.79. The monoisotopic (exact) mass is 414 g/mol. The highest BCUT2D eigenvalue weighted by Gasteiger charge is 2.12. The minimum absolute atomic E-state index is 0.246. The van der Waals surface area contributed by atoms with Gasteiger partial charge in [0.25, 0.3) is 5.91 Å². The molecule has 0 aliphatic heterocycles. The minimum atomic E-state index is -0.255. The zero-order chi connectivity index (χ0) is 22.0. The number of amides is 1. The van der Waals surface area contributed by atoms with Gasteiger partial charge in [0.15, 0.2) is 0 Å². The Morgan fingerprint density at radius 1 is 0.968 bits per heavy atom. The average molecular weight is 414 g/mol. The molecular weight excluding hydrogens is 392 g/mol. The fourth-order valence-electron chi connectivity index (χ4n) is 3.37. The molecule has 0 fully saturated rings. The van der Waals surface area contributed by atoms with E-state index in [0.29, 0.717) is 22.7 Å². The molecule has 0 aliphatic carbocycles. The maximum Gasteiger partial charge on any atom is 0.255 e. The highest BCUT2D eigenvalue weighted by molar-refractivity contribution is 6.05. The van der Waals surface area contributed by atoms with Crippen molar-refractivity contribution < 1.29 is 14.3 Å². The number of nitrogen functional groups attached to an aromatic ring is 1. The molecule has 3 aromatic carbocycles. The zero-order valence-corrected chi connectivity index (χ0v) is 17.5. The zero-order valence-electron chi connectivity index (χ0n) is 17.5. The summed E-state index contributed by atoms with van der Waals surface area (Å²) in [5.74, 6) is 1.09. The summed E-state index contributed by atoms with van der Waals surface area (Å²) in [5.41, 5.74) is 10.7. The van der Waals surface area contributed by atoms with Crippen molar-refractivity contribution in [2.45, 2.75) is 6.92 Å². The van der Waals surface area contributed by atoms with E-state index in [-0.39, 0.29) is 11.9 Å². The Morgan fingerprint density at radius 3 is 2.42 bits per heavy atom. The Bertz CT molecular complexity index is 1270. The molecule has 4 rings (SSSR count). The molecule has 0 bridgehead atoms. The number of benzene rings is 3. The van der Waals surface area contributed by atoms with Crippen LogP contribution in [0.3, 0.4) is 0 Å². The third kappa shape index (κ3) is 4.25. The summed E-state index contributed by atoms with van der Waals surface area (Å²) in [4.78, 5) is 21.2. The van der Waals surface area contributed by atoms with Gasteiger partial charge in [0.05, 0.1) is 19.7 Å². The van der Waals surface area contributed by atoms with Gasteiger partial charge in [-0.15, -0.1) is 0 Å². The van der Waals surface area contributed by atoms with Crippen LogP contribution in [0.25, 0.3) is 22.0 Å². The molecule has 0 spiro atoms. The van der Waals surface area contributed by atoms with Gasteiger partial charge in [-0.05, 0) is 60.0 Å². The summed E-state index contributed by atoms with van der Waals surface area (Å²) < 4.78 is 10.5. The molecule has 31 heavy (non-hydrogen) atoms. The van der Waals surface area contributed by atoms with Gasteiger partial charge in [0.1, 0.15) is 11.5 Å². The number of aromatic nitrogens is 2. The summed E-state index contributed by atoms with van der Waals surface area (Å²) in [5, 5.41) is 3.84. The lowest BCUT2D eigenvalue weighted by molar-refractivity contribution is 0.102. The Morgan fingerprint density at radius 2 is 1.71 bits per heavy atom. The molecule has 7 nitrogen and oxygen atoms in total. The van der Waals surface area contributed by atoms with Gasteiger partial charge in [-0.3, -0.25) is 4.79 Å². The number of nitrogens with one attached hydrogen (secondary N) is 1. The van der Waals surface area contributed by atoms with E-state index in [1.165, 1.54) is 0 Å². The highest BCUT2D eigenvalue weighted by atomic mass is 16.5. The van der Waals surface area contributed by atoms with Crippen LogP contribution in [0, 0.1) is 6.92 Å². The van der Waals surface area contributed by atoms with E-state index in [4.69, 9.17) is 15.2 Å². The van der Waals surface area contributed by atoms with Gasteiger partial charge < -0.3 is 20.5 Å². The normalized spacial score (nSPS) is 10.7. The van der Waals surface area contributed by atoms with Crippen molar-refractivity contribution in [3.8, 4) is 22.6 Å². The number of ether oxygens (including phenoxy) is 2. The summed E-state index contributed by atoms with van der Waals surface area (Å²) in [6.45, 7) is 2.03. The summed E-state index contributed by atoms with van der Waals surface area (Å²) in [6.07, 6.45) is 1.71. The van der Waals surface area contributed by atoms with E-state index in [2.05, 4.69) is 15.3 Å². The van der Waals surface area contributed by atoms with E-state index in [1.54, 1.807) is 38.6 Å². The van der Waals surface area contributed by atoms with Gasteiger partial charge in [-0.2, -0.15) is 0 Å². The summed E-state index contributed by atoms with van der Waals surface area (Å²) >= 11 is 0. The van der Waals surface area contributed by atoms with Gasteiger partial charge in [0, 0.05) is 28.9 Å². The van der Waals surface area contributed by atoms with E-state index in [0.717, 1.165) is 27.6 Å². The number of hydrogen-bond acceptors (Lipinski definition) is 6. The van der Waals surface area contributed by atoms with Crippen molar-refractivity contribution in [2.75, 3.05) is 25.3 Å². The number of hydrogen-bond donors (Lipinski definition) is 2. The number of aryl methyl sites for hydroxylation is 1. The molecular formula is C24H22N4O3. The number of rotatable bonds is 5. The molecule has 4 aromatic rings. The van der Waals surface area contributed by atoms with Gasteiger partial charge in [0.2, 0.25) is 5.95 Å². The third-order valence-electron chi connectivity index (χ3n) is 5.02. The van der Waals surface area contributed by atoms with E-state index in [1.807, 2.05) is 43.3 Å². The molecule has 0 unspecified atom stereocenters. The number of carbonyl (C=O) groups is 1. The fourth-order valence-corrected chi connectivity index (χ4v) is 3.37. The number of nitrogens with zero attached hydrogens (tertiary/aromatic N) is 2. The Kier molecular flexibility index (Phi) is 5.41. The third-order valence-corrected chi connectivity index (χ3v) is 5.02. The van der Waals surface area contributed by atoms with Crippen LogP contribution >= 0.6 is 0 Å². The maximum absolute atomic E-state index is 12.8. The molecule has 0 aliphatic rings. The molecule has 3 N–H and O–H groups in total. The number of fused-ring (bicyclic) bond motifs is 1. The number of nitrogens with two attached hydrogens (primary N) is 1. The first-order valence-electron chi connectivity index (χ1n) is 9.64. The van der Waals surface area contributed by atoms with Crippen molar-refractivity contribution in [1.29, 1.82) is 0 Å². The largest absolute Gasteiger partial charge is 0.497 e. The van der Waals surface area contributed by atoms with Crippen LogP contribution in [0.2, 0.25) is 0 Å². The van der Waals surface area contributed by atoms with Crippen molar-refractivity contribution in [2.24, 2.45) is 0 Å². The Balaban J connectivity index is 1.65. The van der Waals surface area contributed by atoms with Crippen molar-refractivity contribution in [3.63, 3.8) is 0 Å². The molecule has 0 saturated heterocycles. The van der Waals surface area contributed by atoms with Gasteiger partial charge in [-0.1, -0.05) is 12.1 Å². The maximum atomic E-state index is 12.8. The van der Waals surface area contributed by atoms with Crippen LogP contribution in [0.15, 0.2) is 60.8 Å². The van der Waals surface area contributed by atoms with Crippen LogP contribution in [0.5, 0.6) is 11.5 Å². The molecule has 0 radical (unpaired) electrons. The first-order valence-corrected chi connectivity index (χ1v) is 9.64. The molecule has 7 heteroatoms. The van der Waals surface area contributed by atoms with Crippen LogP contribution in [-0.2, 0) is 0 Å². The SMILES string of the molecule is COc1cc(OC)cc(C(=O)Nc2ccc(C)c(-c3ccc4nc(N)ncc4c3)c2)c1. The molecule has 0 atom stereocenters. The first-order chi connectivity index (χ1) is 15.0. The number of carbonyl (C=O) groups excluding carboxylic acids is 1. The van der Waals surface area contributed by atoms with Gasteiger partial charge >= 0.3 is 0 Å². The van der Waals surface area contributed by atoms with Gasteiger partial charge in [-0.25, -0.2) is 9.97 Å². The lowest BCUT2D eigenvalue weighted by atomic mass is 9.98. The Hall–Kier alpha value is -4.13. The second-order valence-corrected chi connectivity index (χ2v) is 7.09. The topological polar surface area (TPSA) is 99.4 Å². The van der Waals surface area contributed by atoms with E-state index in [9.17, 15) is 4.79 Å². The number of methoxy groups -OCH3 is 2. The standard InChI is InChI=1S/C24H22N4O3/c1-14-4-6-18(27-23(29)16-9-19(30-2)12-20(10-16)31-3)11-21(14)15-5-7-22-17(8-15)13-26-24(25)28-22/h4-13H,1-3H3,(H,27,29)(H2,25,26,28). The second kappa shape index (κ2) is 8.31. The van der Waals surface area contributed by atoms with Crippen molar-refractivity contribution >= 4 is 28.4 Å². The second-order valence-electron chi connectivity index (χ2n) is 7.09. The number of anilines is 2. The highest BCUT2D eigenvalue weighted by Crippen LogP contribution is 2.30. The first kappa shape index (κ1) is 20.2. The van der Waals surface area contributed by atoms with Crippen molar-refractivity contribution in [1.82, 2.24) is 9.97 Å². The lowest BCUT2D eigenvalue weighted by Crippen LogP contribution is -2.12. The fraction of sp³-hybridized carbons (Fsp3) is 0.125. The van der Waals surface area contributed by atoms with E-state index >= 15 is 0 Å². The van der Waals surface area contributed by atoms with Crippen LogP contribution in [-0.4, -0.2) is 30.1 Å². The molecule has 1 heterocycles. The quantitative estimate of drug-likeness (QED) is 0.500. The molecule has 1 aromatic heterocycles. The van der Waals surface area contributed by atoms with Crippen molar-refractivity contribution in [3.05, 3.63) is 71.9 Å². The van der Waals surface area contributed by atoms with Crippen LogP contribution in [0.4, 0.5) is 11.6 Å². The predicted octanol–water partition coefficient (Wildman–Crippen LogP) is 4.46. The minimum Gasteiger partial charge on any atom is -0.497 e. The molecule has 156 valence electrons. The lowest BCUT2D eigenvalue weighted by Gasteiger charge is -2.12. The predicted molar refractivity (Wildman–Crippen MR) is 122 cm³/mol. The van der Waals surface area contributed by atoms with Crippen LogP contribution in [0.1, 0.15) is 15.9 Å². The van der Waals surface area contributed by atoms with Crippen LogP contribution < -0.4 is 20.5 Å². The summed E-state index contributed by atoms with van der Waals surface area (Å²) in [7, 11) is 3.09. The summed E-state index contributed by atoms with van der Waals surface area (Å²) in [6, 6.07) is 16.8.